The molecule has 1 aromatic carbocycles. The van der Waals surface area contributed by atoms with E-state index in [2.05, 4.69) is 19.1 Å². The van der Waals surface area contributed by atoms with Gasteiger partial charge in [0.05, 0.1) is 5.60 Å². The summed E-state index contributed by atoms with van der Waals surface area (Å²) in [5.41, 5.74) is 2.15. The van der Waals surface area contributed by atoms with Crippen LogP contribution in [0.25, 0.3) is 0 Å². The molecule has 1 unspecified atom stereocenters. The molecule has 1 spiro atoms. The van der Waals surface area contributed by atoms with Crippen molar-refractivity contribution in [1.29, 1.82) is 0 Å². The van der Waals surface area contributed by atoms with Crippen LogP contribution in [0, 0.1) is 6.92 Å². The van der Waals surface area contributed by atoms with Crippen LogP contribution in [0.3, 0.4) is 0 Å². The smallest absolute Gasteiger partial charge is 0.242 e. The highest BCUT2D eigenvalue weighted by molar-refractivity contribution is 6.29. The highest BCUT2D eigenvalue weighted by Crippen LogP contribution is 2.42. The number of halogens is 1. The molecule has 1 saturated heterocycles. The van der Waals surface area contributed by atoms with Gasteiger partial charge in [-0.2, -0.15) is 0 Å². The van der Waals surface area contributed by atoms with Crippen molar-refractivity contribution in [1.82, 2.24) is 0 Å². The predicted molar refractivity (Wildman–Crippen MR) is 89.6 cm³/mol. The van der Waals surface area contributed by atoms with E-state index in [1.54, 1.807) is 0 Å². The van der Waals surface area contributed by atoms with Gasteiger partial charge in [0.15, 0.2) is 0 Å². The Labute approximate surface area is 137 Å². The zero-order valence-corrected chi connectivity index (χ0v) is 13.9. The lowest BCUT2D eigenvalue weighted by atomic mass is 9.87. The summed E-state index contributed by atoms with van der Waals surface area (Å²) in [7, 11) is 0. The summed E-state index contributed by atoms with van der Waals surface area (Å²) < 4.78 is 6.10. The molecule has 1 aliphatic carbocycles. The van der Waals surface area contributed by atoms with Gasteiger partial charge in [-0.1, -0.05) is 30.5 Å². The van der Waals surface area contributed by atoms with Crippen LogP contribution in [0.5, 0.6) is 0 Å². The van der Waals surface area contributed by atoms with Crippen molar-refractivity contribution < 1.29 is 9.53 Å². The van der Waals surface area contributed by atoms with Gasteiger partial charge < -0.3 is 9.64 Å². The molecule has 1 saturated carbocycles. The summed E-state index contributed by atoms with van der Waals surface area (Å²) in [5, 5.41) is 0. The van der Waals surface area contributed by atoms with Gasteiger partial charge in [0.1, 0.15) is 5.88 Å². The van der Waals surface area contributed by atoms with Crippen molar-refractivity contribution in [2.45, 2.75) is 57.1 Å². The topological polar surface area (TPSA) is 29.5 Å². The van der Waals surface area contributed by atoms with Crippen molar-refractivity contribution in [2.75, 3.05) is 17.4 Å². The standard InChI is InChI=1S/C18H24ClNO2/c1-14-4-6-15(7-5-14)20(17(21)13-19)16-8-11-22-18(12-16)9-2-3-10-18/h4-7,16H,2-3,8-13H2,1H3. The number of carbonyl (C=O) groups excluding carboxylic acids is 1. The first-order valence-electron chi connectivity index (χ1n) is 8.22. The Kier molecular flexibility index (Phi) is 4.74. The summed E-state index contributed by atoms with van der Waals surface area (Å²) in [6.07, 6.45) is 6.55. The maximum Gasteiger partial charge on any atom is 0.242 e. The number of hydrogen-bond donors (Lipinski definition) is 0. The number of carbonyl (C=O) groups is 1. The molecule has 1 amide bonds. The molecule has 0 bridgehead atoms. The van der Waals surface area contributed by atoms with E-state index in [1.807, 2.05) is 17.0 Å². The van der Waals surface area contributed by atoms with Gasteiger partial charge in [0.2, 0.25) is 5.91 Å². The third-order valence-electron chi connectivity index (χ3n) is 5.04. The zero-order valence-electron chi connectivity index (χ0n) is 13.2. The maximum absolute atomic E-state index is 12.5. The third kappa shape index (κ3) is 3.16. The first-order valence-corrected chi connectivity index (χ1v) is 8.76. The second kappa shape index (κ2) is 6.59. The number of rotatable bonds is 3. The van der Waals surface area contributed by atoms with Crippen molar-refractivity contribution in [2.24, 2.45) is 0 Å². The number of anilines is 1. The van der Waals surface area contributed by atoms with E-state index in [-0.39, 0.29) is 23.4 Å². The maximum atomic E-state index is 12.5. The van der Waals surface area contributed by atoms with Gasteiger partial charge in [-0.25, -0.2) is 0 Å². The number of nitrogens with zero attached hydrogens (tertiary/aromatic N) is 1. The molecule has 1 heterocycles. The average Bonchev–Trinajstić information content (AvgIpc) is 2.97. The molecule has 1 aliphatic heterocycles. The number of aryl methyl sites for hydroxylation is 1. The summed E-state index contributed by atoms with van der Waals surface area (Å²) >= 11 is 5.88. The molecule has 2 aliphatic rings. The third-order valence-corrected chi connectivity index (χ3v) is 5.27. The molecular formula is C18H24ClNO2. The van der Waals surface area contributed by atoms with Crippen LogP contribution in [0.4, 0.5) is 5.69 Å². The van der Waals surface area contributed by atoms with Crippen molar-refractivity contribution in [3.05, 3.63) is 29.8 Å². The SMILES string of the molecule is Cc1ccc(N(C(=O)CCl)C2CCOC3(CCCC3)C2)cc1. The molecule has 2 fully saturated rings. The average molecular weight is 322 g/mol. The summed E-state index contributed by atoms with van der Waals surface area (Å²) in [6.45, 7) is 2.79. The van der Waals surface area contributed by atoms with Gasteiger partial charge in [0.25, 0.3) is 0 Å². The number of ether oxygens (including phenoxy) is 1. The second-order valence-corrected chi connectivity index (χ2v) is 6.89. The first kappa shape index (κ1) is 15.8. The molecule has 4 heteroatoms. The molecule has 1 aromatic rings. The summed E-state index contributed by atoms with van der Waals surface area (Å²) in [6, 6.07) is 8.34. The van der Waals surface area contributed by atoms with E-state index in [1.165, 1.54) is 18.4 Å². The van der Waals surface area contributed by atoms with E-state index in [4.69, 9.17) is 16.3 Å². The van der Waals surface area contributed by atoms with Crippen molar-refractivity contribution >= 4 is 23.2 Å². The highest BCUT2D eigenvalue weighted by Gasteiger charge is 2.42. The van der Waals surface area contributed by atoms with Gasteiger partial charge in [-0.3, -0.25) is 4.79 Å². The Hall–Kier alpha value is -1.06. The van der Waals surface area contributed by atoms with E-state index in [0.717, 1.165) is 38.0 Å². The highest BCUT2D eigenvalue weighted by atomic mass is 35.5. The molecule has 0 N–H and O–H groups in total. The molecule has 0 aromatic heterocycles. The van der Waals surface area contributed by atoms with Crippen LogP contribution < -0.4 is 4.90 Å². The van der Waals surface area contributed by atoms with Crippen LogP contribution in [0.1, 0.15) is 44.1 Å². The Morgan fingerprint density at radius 2 is 2.00 bits per heavy atom. The van der Waals surface area contributed by atoms with Gasteiger partial charge in [-0.15, -0.1) is 11.6 Å². The van der Waals surface area contributed by atoms with E-state index in [9.17, 15) is 4.79 Å². The van der Waals surface area contributed by atoms with Crippen LogP contribution in [-0.4, -0.2) is 30.0 Å². The lowest BCUT2D eigenvalue weighted by Gasteiger charge is -2.43. The molecule has 22 heavy (non-hydrogen) atoms. The Balaban J connectivity index is 1.85. The second-order valence-electron chi connectivity index (χ2n) is 6.62. The number of hydrogen-bond acceptors (Lipinski definition) is 2. The minimum Gasteiger partial charge on any atom is -0.375 e. The fourth-order valence-electron chi connectivity index (χ4n) is 3.92. The van der Waals surface area contributed by atoms with E-state index < -0.39 is 0 Å². The largest absolute Gasteiger partial charge is 0.375 e. The Morgan fingerprint density at radius 3 is 2.64 bits per heavy atom. The summed E-state index contributed by atoms with van der Waals surface area (Å²) in [5.74, 6) is 0.0173. The molecule has 0 radical (unpaired) electrons. The molecule has 3 rings (SSSR count). The van der Waals surface area contributed by atoms with Gasteiger partial charge in [-0.05, 0) is 44.7 Å². The lowest BCUT2D eigenvalue weighted by molar-refractivity contribution is -0.119. The van der Waals surface area contributed by atoms with Crippen LogP contribution >= 0.6 is 11.6 Å². The predicted octanol–water partition coefficient (Wildman–Crippen LogP) is 4.06. The molecule has 1 atom stereocenters. The number of benzene rings is 1. The summed E-state index contributed by atoms with van der Waals surface area (Å²) in [4.78, 5) is 14.4. The first-order chi connectivity index (χ1) is 10.6. The molecular weight excluding hydrogens is 298 g/mol. The monoisotopic (exact) mass is 321 g/mol. The molecule has 3 nitrogen and oxygen atoms in total. The number of amides is 1. The van der Waals surface area contributed by atoms with E-state index in [0.29, 0.717) is 0 Å². The van der Waals surface area contributed by atoms with Crippen LogP contribution in [0.2, 0.25) is 0 Å². The minimum atomic E-state index is -0.00873. The molecule has 120 valence electrons. The minimum absolute atomic E-state index is 0.00153. The van der Waals surface area contributed by atoms with Crippen molar-refractivity contribution in [3.63, 3.8) is 0 Å². The van der Waals surface area contributed by atoms with E-state index >= 15 is 0 Å². The Bertz CT molecular complexity index is 522. The van der Waals surface area contributed by atoms with Gasteiger partial charge >= 0.3 is 0 Å². The fourth-order valence-corrected chi connectivity index (χ4v) is 4.05. The lowest BCUT2D eigenvalue weighted by Crippen LogP contribution is -2.50. The van der Waals surface area contributed by atoms with Crippen molar-refractivity contribution in [3.8, 4) is 0 Å². The van der Waals surface area contributed by atoms with Crippen LogP contribution in [-0.2, 0) is 9.53 Å². The normalized spacial score (nSPS) is 23.6. The zero-order chi connectivity index (χ0) is 15.6. The van der Waals surface area contributed by atoms with Crippen LogP contribution in [0.15, 0.2) is 24.3 Å². The fraction of sp³-hybridized carbons (Fsp3) is 0.611. The quantitative estimate of drug-likeness (QED) is 0.786. The number of alkyl halides is 1. The Morgan fingerprint density at radius 1 is 1.32 bits per heavy atom. The van der Waals surface area contributed by atoms with Gasteiger partial charge in [0, 0.05) is 18.3 Å².